The van der Waals surface area contributed by atoms with Gasteiger partial charge in [-0.25, -0.2) is 0 Å². The van der Waals surface area contributed by atoms with Gasteiger partial charge in [0.1, 0.15) is 11.5 Å². The van der Waals surface area contributed by atoms with Crippen LogP contribution in [0, 0.1) is 6.92 Å². The zero-order valence-electron chi connectivity index (χ0n) is 14.6. The summed E-state index contributed by atoms with van der Waals surface area (Å²) in [4.78, 5) is 12.0. The van der Waals surface area contributed by atoms with Crippen LogP contribution in [0.2, 0.25) is 0 Å². The fourth-order valence-corrected chi connectivity index (χ4v) is 2.62. The van der Waals surface area contributed by atoms with Gasteiger partial charge in [0, 0.05) is 24.1 Å². The zero-order valence-corrected chi connectivity index (χ0v) is 14.6. The number of hydrogen-bond acceptors (Lipinski definition) is 2. The molecule has 0 saturated carbocycles. The summed E-state index contributed by atoms with van der Waals surface area (Å²) in [5.74, 6) is 0.982. The van der Waals surface area contributed by atoms with Gasteiger partial charge < -0.3 is 9.73 Å². The lowest BCUT2D eigenvalue weighted by Crippen LogP contribution is -2.13. The van der Waals surface area contributed by atoms with E-state index in [1.54, 1.807) is 6.07 Å². The van der Waals surface area contributed by atoms with Gasteiger partial charge in [0.05, 0.1) is 5.56 Å². The molecule has 0 atom stereocenters. The minimum atomic E-state index is -4.44. The smallest absolute Gasteiger partial charge is 0.416 e. The van der Waals surface area contributed by atoms with Gasteiger partial charge in [-0.2, -0.15) is 13.2 Å². The molecular weight excluding hydrogens is 355 g/mol. The van der Waals surface area contributed by atoms with Gasteiger partial charge in [0.25, 0.3) is 0 Å². The van der Waals surface area contributed by atoms with Crippen LogP contribution in [0.25, 0.3) is 11.3 Å². The molecule has 2 aromatic carbocycles. The molecule has 1 N–H and O–H groups in total. The predicted molar refractivity (Wildman–Crippen MR) is 97.3 cm³/mol. The maximum atomic E-state index is 12.7. The van der Waals surface area contributed by atoms with E-state index in [4.69, 9.17) is 4.42 Å². The van der Waals surface area contributed by atoms with E-state index in [9.17, 15) is 18.0 Å². The van der Waals surface area contributed by atoms with E-state index >= 15 is 0 Å². The highest BCUT2D eigenvalue weighted by molar-refractivity contribution is 5.90. The second-order valence-corrected chi connectivity index (χ2v) is 6.26. The summed E-state index contributed by atoms with van der Waals surface area (Å²) in [6, 6.07) is 16.1. The normalized spacial score (nSPS) is 11.4. The van der Waals surface area contributed by atoms with Crippen molar-refractivity contribution in [2.75, 3.05) is 5.32 Å². The van der Waals surface area contributed by atoms with E-state index in [1.165, 1.54) is 12.1 Å². The Hall–Kier alpha value is -3.02. The Bertz CT molecular complexity index is 927. The van der Waals surface area contributed by atoms with Gasteiger partial charge in [-0.15, -0.1) is 0 Å². The zero-order chi connectivity index (χ0) is 19.4. The van der Waals surface area contributed by atoms with Crippen molar-refractivity contribution in [2.45, 2.75) is 25.9 Å². The standard InChI is InChI=1S/C21H18F3NO2/c1-14-5-7-15(8-6-14)19-11-9-18(27-19)10-12-20(26)25-17-4-2-3-16(13-17)21(22,23)24/h2-9,11,13H,10,12H2,1H3,(H,25,26). The fourth-order valence-electron chi connectivity index (χ4n) is 2.62. The SMILES string of the molecule is Cc1ccc(-c2ccc(CCC(=O)Nc3cccc(C(F)(F)F)c3)o2)cc1. The van der Waals surface area contributed by atoms with Gasteiger partial charge in [-0.05, 0) is 37.3 Å². The second-order valence-electron chi connectivity index (χ2n) is 6.26. The molecule has 1 heterocycles. The lowest BCUT2D eigenvalue weighted by Gasteiger charge is -2.09. The lowest BCUT2D eigenvalue weighted by molar-refractivity contribution is -0.137. The maximum absolute atomic E-state index is 12.7. The van der Waals surface area contributed by atoms with Crippen molar-refractivity contribution in [1.29, 1.82) is 0 Å². The van der Waals surface area contributed by atoms with Gasteiger partial charge in [0.15, 0.2) is 0 Å². The molecule has 0 aliphatic rings. The Labute approximate surface area is 154 Å². The quantitative estimate of drug-likeness (QED) is 0.610. The average molecular weight is 373 g/mol. The second kappa shape index (κ2) is 7.70. The van der Waals surface area contributed by atoms with Gasteiger partial charge in [-0.1, -0.05) is 35.9 Å². The Kier molecular flexibility index (Phi) is 5.35. The van der Waals surface area contributed by atoms with Crippen LogP contribution < -0.4 is 5.32 Å². The minimum Gasteiger partial charge on any atom is -0.461 e. The number of alkyl halides is 3. The van der Waals surface area contributed by atoms with Gasteiger partial charge in [0.2, 0.25) is 5.91 Å². The van der Waals surface area contributed by atoms with Crippen molar-refractivity contribution in [3.63, 3.8) is 0 Å². The molecule has 140 valence electrons. The first-order valence-electron chi connectivity index (χ1n) is 8.44. The highest BCUT2D eigenvalue weighted by Crippen LogP contribution is 2.30. The fraction of sp³-hybridized carbons (Fsp3) is 0.190. The van der Waals surface area contributed by atoms with E-state index in [-0.39, 0.29) is 18.0 Å². The number of anilines is 1. The molecule has 0 aliphatic heterocycles. The number of aryl methyl sites for hydroxylation is 2. The molecule has 0 radical (unpaired) electrons. The molecule has 6 heteroatoms. The number of carbonyl (C=O) groups is 1. The molecule has 1 aromatic heterocycles. The molecule has 0 spiro atoms. The van der Waals surface area contributed by atoms with Crippen LogP contribution in [-0.4, -0.2) is 5.91 Å². The van der Waals surface area contributed by atoms with E-state index in [1.807, 2.05) is 37.3 Å². The molecule has 0 unspecified atom stereocenters. The summed E-state index contributed by atoms with van der Waals surface area (Å²) in [6.45, 7) is 2.00. The predicted octanol–water partition coefficient (Wildman–Crippen LogP) is 5.85. The monoisotopic (exact) mass is 373 g/mol. The number of nitrogens with one attached hydrogen (secondary N) is 1. The van der Waals surface area contributed by atoms with E-state index in [0.29, 0.717) is 17.9 Å². The highest BCUT2D eigenvalue weighted by atomic mass is 19.4. The number of rotatable bonds is 5. The molecule has 0 aliphatic carbocycles. The third kappa shape index (κ3) is 5.00. The van der Waals surface area contributed by atoms with Crippen molar-refractivity contribution in [3.05, 3.63) is 77.6 Å². The Morgan fingerprint density at radius 2 is 1.78 bits per heavy atom. The molecular formula is C21H18F3NO2. The molecule has 3 rings (SSSR count). The highest BCUT2D eigenvalue weighted by Gasteiger charge is 2.30. The van der Waals surface area contributed by atoms with Crippen molar-refractivity contribution < 1.29 is 22.4 Å². The third-order valence-electron chi connectivity index (χ3n) is 4.07. The minimum absolute atomic E-state index is 0.108. The summed E-state index contributed by atoms with van der Waals surface area (Å²) in [5.41, 5.74) is 1.42. The summed E-state index contributed by atoms with van der Waals surface area (Å²) in [5, 5.41) is 2.49. The number of benzene rings is 2. The third-order valence-corrected chi connectivity index (χ3v) is 4.07. The van der Waals surface area contributed by atoms with E-state index in [2.05, 4.69) is 5.32 Å². The van der Waals surface area contributed by atoms with Crippen LogP contribution in [0.15, 0.2) is 65.1 Å². The van der Waals surface area contributed by atoms with Crippen LogP contribution in [0.5, 0.6) is 0 Å². The van der Waals surface area contributed by atoms with Crippen molar-refractivity contribution >= 4 is 11.6 Å². The van der Waals surface area contributed by atoms with Gasteiger partial charge >= 0.3 is 6.18 Å². The van der Waals surface area contributed by atoms with Crippen molar-refractivity contribution in [1.82, 2.24) is 0 Å². The van der Waals surface area contributed by atoms with E-state index in [0.717, 1.165) is 23.3 Å². The van der Waals surface area contributed by atoms with Crippen LogP contribution in [0.4, 0.5) is 18.9 Å². The topological polar surface area (TPSA) is 42.2 Å². The van der Waals surface area contributed by atoms with Crippen LogP contribution in [0.3, 0.4) is 0 Å². The molecule has 0 fully saturated rings. The van der Waals surface area contributed by atoms with Crippen LogP contribution >= 0.6 is 0 Å². The summed E-state index contributed by atoms with van der Waals surface area (Å²) >= 11 is 0. The Morgan fingerprint density at radius 3 is 2.48 bits per heavy atom. The first-order valence-corrected chi connectivity index (χ1v) is 8.44. The number of furan rings is 1. The Morgan fingerprint density at radius 1 is 1.04 bits per heavy atom. The summed E-state index contributed by atoms with van der Waals surface area (Å²) in [7, 11) is 0. The molecule has 0 saturated heterocycles. The van der Waals surface area contributed by atoms with E-state index < -0.39 is 11.7 Å². The first kappa shape index (κ1) is 18.8. The number of amides is 1. The summed E-state index contributed by atoms with van der Waals surface area (Å²) < 4.78 is 43.9. The molecule has 3 nitrogen and oxygen atoms in total. The average Bonchev–Trinajstić information content (AvgIpc) is 3.09. The van der Waals surface area contributed by atoms with Crippen molar-refractivity contribution in [2.24, 2.45) is 0 Å². The number of hydrogen-bond donors (Lipinski definition) is 1. The summed E-state index contributed by atoms with van der Waals surface area (Å²) in [6.07, 6.45) is -3.98. The number of carbonyl (C=O) groups excluding carboxylic acids is 1. The van der Waals surface area contributed by atoms with Gasteiger partial charge in [-0.3, -0.25) is 4.79 Å². The molecule has 0 bridgehead atoms. The molecule has 3 aromatic rings. The molecule has 1 amide bonds. The number of halogens is 3. The molecule has 27 heavy (non-hydrogen) atoms. The first-order chi connectivity index (χ1) is 12.8. The maximum Gasteiger partial charge on any atom is 0.416 e. The van der Waals surface area contributed by atoms with Crippen LogP contribution in [0.1, 0.15) is 23.3 Å². The lowest BCUT2D eigenvalue weighted by atomic mass is 10.1. The largest absolute Gasteiger partial charge is 0.461 e. The van der Waals surface area contributed by atoms with Crippen LogP contribution in [-0.2, 0) is 17.4 Å². The van der Waals surface area contributed by atoms with Crippen molar-refractivity contribution in [3.8, 4) is 11.3 Å². The Balaban J connectivity index is 1.58.